The van der Waals surface area contributed by atoms with Gasteiger partial charge in [-0.1, -0.05) is 18.2 Å². The molecule has 0 aliphatic heterocycles. The fraction of sp³-hybridized carbons (Fsp3) is 0. The molecular weight excluding hydrogens is 185 g/mol. The van der Waals surface area contributed by atoms with E-state index in [1.807, 2.05) is 0 Å². The van der Waals surface area contributed by atoms with Gasteiger partial charge in [-0.15, -0.1) is 0 Å². The monoisotopic (exact) mass is 193 g/mol. The highest BCUT2D eigenvalue weighted by Crippen LogP contribution is 2.01. The predicted octanol–water partition coefficient (Wildman–Crippen LogP) is 2.03. The van der Waals surface area contributed by atoms with Crippen LogP contribution in [0.5, 0.6) is 0 Å². The van der Waals surface area contributed by atoms with Crippen molar-refractivity contribution in [2.75, 3.05) is 0 Å². The van der Waals surface area contributed by atoms with E-state index in [9.17, 15) is 9.18 Å². The summed E-state index contributed by atoms with van der Waals surface area (Å²) in [5.41, 5.74) is 0.780. The molecule has 1 aromatic heterocycles. The second-order valence-electron chi connectivity index (χ2n) is 2.47. The molecule has 0 spiro atoms. The molecule has 1 rings (SSSR count). The fourth-order valence-corrected chi connectivity index (χ4v) is 0.790. The average molecular weight is 193 g/mol. The smallest absolute Gasteiger partial charge is 0.364 e. The van der Waals surface area contributed by atoms with Gasteiger partial charge in [-0.2, -0.15) is 4.39 Å². The largest absolute Gasteiger partial charge is 0.476 e. The molecule has 0 bridgehead atoms. The molecule has 0 aliphatic carbocycles. The molecule has 0 unspecified atom stereocenters. The zero-order valence-electron chi connectivity index (χ0n) is 7.22. The van der Waals surface area contributed by atoms with Crippen LogP contribution in [-0.4, -0.2) is 16.1 Å². The molecule has 0 saturated heterocycles. The lowest BCUT2D eigenvalue weighted by Gasteiger charge is -1.88. The molecule has 4 heteroatoms. The quantitative estimate of drug-likeness (QED) is 0.590. The third-order valence-corrected chi connectivity index (χ3v) is 1.42. The Labute approximate surface area is 80.2 Å². The maximum absolute atomic E-state index is 12.4. The number of rotatable bonds is 3. The number of carboxylic acids is 1. The molecular formula is C10H8FNO2. The lowest BCUT2D eigenvalue weighted by molar-refractivity contribution is -0.134. The Hall–Kier alpha value is -1.97. The number of carbonyl (C=O) groups is 1. The molecule has 1 heterocycles. The Morgan fingerprint density at radius 2 is 2.36 bits per heavy atom. The second kappa shape index (κ2) is 4.91. The van der Waals surface area contributed by atoms with Crippen molar-refractivity contribution in [3.8, 4) is 0 Å². The van der Waals surface area contributed by atoms with Crippen LogP contribution in [0.15, 0.2) is 42.5 Å². The minimum atomic E-state index is -1.57. The highest BCUT2D eigenvalue weighted by Gasteiger charge is 2.01. The van der Waals surface area contributed by atoms with Crippen LogP contribution < -0.4 is 0 Å². The van der Waals surface area contributed by atoms with Gasteiger partial charge in [0.25, 0.3) is 0 Å². The maximum atomic E-state index is 12.4. The molecule has 0 radical (unpaired) electrons. The summed E-state index contributed by atoms with van der Waals surface area (Å²) in [6.07, 6.45) is 6.97. The van der Waals surface area contributed by atoms with Crippen LogP contribution in [0.25, 0.3) is 6.08 Å². The van der Waals surface area contributed by atoms with Gasteiger partial charge < -0.3 is 5.11 Å². The van der Waals surface area contributed by atoms with Gasteiger partial charge in [0, 0.05) is 12.4 Å². The van der Waals surface area contributed by atoms with E-state index in [1.54, 1.807) is 30.6 Å². The van der Waals surface area contributed by atoms with Crippen molar-refractivity contribution >= 4 is 12.0 Å². The van der Waals surface area contributed by atoms with Crippen molar-refractivity contribution in [2.24, 2.45) is 0 Å². The van der Waals surface area contributed by atoms with E-state index >= 15 is 0 Å². The van der Waals surface area contributed by atoms with Gasteiger partial charge in [0.05, 0.1) is 0 Å². The molecule has 0 amide bonds. The molecule has 0 aliphatic rings. The normalized spacial score (nSPS) is 11.9. The number of pyridine rings is 1. The van der Waals surface area contributed by atoms with E-state index in [0.717, 1.165) is 11.6 Å². The summed E-state index contributed by atoms with van der Waals surface area (Å²) in [6.45, 7) is 0. The first kappa shape index (κ1) is 10.1. The molecule has 14 heavy (non-hydrogen) atoms. The minimum Gasteiger partial charge on any atom is -0.476 e. The van der Waals surface area contributed by atoms with E-state index in [2.05, 4.69) is 4.98 Å². The van der Waals surface area contributed by atoms with Gasteiger partial charge in [0.15, 0.2) is 0 Å². The average Bonchev–Trinajstić information content (AvgIpc) is 2.19. The van der Waals surface area contributed by atoms with E-state index in [-0.39, 0.29) is 0 Å². The molecule has 1 aromatic rings. The van der Waals surface area contributed by atoms with Crippen LogP contribution >= 0.6 is 0 Å². The maximum Gasteiger partial charge on any atom is 0.364 e. The first-order valence-corrected chi connectivity index (χ1v) is 3.87. The lowest BCUT2D eigenvalue weighted by atomic mass is 10.2. The standard InChI is InChI=1S/C10H8FNO2/c11-9(10(13)14)5-1-3-8-4-2-6-12-7-8/h1-7H,(H,13,14)/b3-1+,9-5-. The van der Waals surface area contributed by atoms with Gasteiger partial charge >= 0.3 is 5.97 Å². The third-order valence-electron chi connectivity index (χ3n) is 1.42. The van der Waals surface area contributed by atoms with Crippen LogP contribution in [0.3, 0.4) is 0 Å². The van der Waals surface area contributed by atoms with Crippen molar-refractivity contribution in [3.05, 3.63) is 48.1 Å². The van der Waals surface area contributed by atoms with Gasteiger partial charge in [0.1, 0.15) is 0 Å². The van der Waals surface area contributed by atoms with Gasteiger partial charge in [0.2, 0.25) is 5.83 Å². The molecule has 72 valence electrons. The Bertz CT molecular complexity index is 371. The number of hydrogen-bond acceptors (Lipinski definition) is 2. The molecule has 0 aromatic carbocycles. The van der Waals surface area contributed by atoms with E-state index in [0.29, 0.717) is 0 Å². The topological polar surface area (TPSA) is 50.2 Å². The van der Waals surface area contributed by atoms with Crippen LogP contribution in [0.4, 0.5) is 4.39 Å². The van der Waals surface area contributed by atoms with Gasteiger partial charge in [-0.3, -0.25) is 4.98 Å². The Morgan fingerprint density at radius 1 is 1.57 bits per heavy atom. The first-order valence-electron chi connectivity index (χ1n) is 3.87. The first-order chi connectivity index (χ1) is 6.70. The second-order valence-corrected chi connectivity index (χ2v) is 2.47. The molecule has 1 N–H and O–H groups in total. The summed E-state index contributed by atoms with van der Waals surface area (Å²) >= 11 is 0. The van der Waals surface area contributed by atoms with E-state index in [4.69, 9.17) is 5.11 Å². The zero-order chi connectivity index (χ0) is 10.4. The summed E-state index contributed by atoms with van der Waals surface area (Å²) in [7, 11) is 0. The fourth-order valence-electron chi connectivity index (χ4n) is 0.790. The number of hydrogen-bond donors (Lipinski definition) is 1. The summed E-state index contributed by atoms with van der Waals surface area (Å²) in [6, 6.07) is 3.51. The van der Waals surface area contributed by atoms with E-state index in [1.165, 1.54) is 6.08 Å². The lowest BCUT2D eigenvalue weighted by Crippen LogP contribution is -1.93. The zero-order valence-corrected chi connectivity index (χ0v) is 7.22. The summed E-state index contributed by atoms with van der Waals surface area (Å²) in [5.74, 6) is -2.76. The van der Waals surface area contributed by atoms with Crippen molar-refractivity contribution in [3.63, 3.8) is 0 Å². The van der Waals surface area contributed by atoms with Gasteiger partial charge in [-0.25, -0.2) is 4.79 Å². The Kier molecular flexibility index (Phi) is 3.55. The summed E-state index contributed by atoms with van der Waals surface area (Å²) in [5, 5.41) is 8.19. The Morgan fingerprint density at radius 3 is 2.93 bits per heavy atom. The highest BCUT2D eigenvalue weighted by molar-refractivity contribution is 5.84. The number of carboxylic acid groups (broad SMARTS) is 1. The molecule has 0 saturated carbocycles. The minimum absolute atomic E-state index is 0.780. The highest BCUT2D eigenvalue weighted by atomic mass is 19.1. The number of nitrogens with zero attached hydrogens (tertiary/aromatic N) is 1. The van der Waals surface area contributed by atoms with Crippen molar-refractivity contribution in [1.82, 2.24) is 4.98 Å². The predicted molar refractivity (Wildman–Crippen MR) is 50.1 cm³/mol. The van der Waals surface area contributed by atoms with Crippen molar-refractivity contribution < 1.29 is 14.3 Å². The van der Waals surface area contributed by atoms with Crippen molar-refractivity contribution in [1.29, 1.82) is 0 Å². The van der Waals surface area contributed by atoms with E-state index < -0.39 is 11.8 Å². The summed E-state index contributed by atoms with van der Waals surface area (Å²) < 4.78 is 12.4. The van der Waals surface area contributed by atoms with Crippen LogP contribution in [0.2, 0.25) is 0 Å². The number of aliphatic carboxylic acids is 1. The Balaban J connectivity index is 2.66. The molecule has 3 nitrogen and oxygen atoms in total. The summed E-state index contributed by atoms with van der Waals surface area (Å²) in [4.78, 5) is 13.9. The van der Waals surface area contributed by atoms with Crippen LogP contribution in [-0.2, 0) is 4.79 Å². The number of aromatic nitrogens is 1. The van der Waals surface area contributed by atoms with Crippen LogP contribution in [0, 0.1) is 0 Å². The molecule has 0 fully saturated rings. The number of allylic oxidation sites excluding steroid dienone is 2. The third kappa shape index (κ3) is 3.18. The van der Waals surface area contributed by atoms with Crippen LogP contribution in [0.1, 0.15) is 5.56 Å². The number of halogens is 1. The SMILES string of the molecule is O=C(O)/C(F)=C/C=C/c1cccnc1. The van der Waals surface area contributed by atoms with Crippen molar-refractivity contribution in [2.45, 2.75) is 0 Å². The molecule has 0 atom stereocenters. The van der Waals surface area contributed by atoms with Gasteiger partial charge in [-0.05, 0) is 17.7 Å².